The molecule has 0 spiro atoms. The van der Waals surface area contributed by atoms with Gasteiger partial charge in [-0.05, 0) is 32.2 Å². The summed E-state index contributed by atoms with van der Waals surface area (Å²) < 4.78 is 0. The van der Waals surface area contributed by atoms with Crippen LogP contribution in [-0.4, -0.2) is 32.1 Å². The van der Waals surface area contributed by atoms with E-state index in [4.69, 9.17) is 5.73 Å². The Bertz CT molecular complexity index is 156. The second-order valence-electron chi connectivity index (χ2n) is 3.29. The van der Waals surface area contributed by atoms with Crippen molar-refractivity contribution in [2.24, 2.45) is 10.7 Å². The van der Waals surface area contributed by atoms with Crippen molar-refractivity contribution < 1.29 is 0 Å². The van der Waals surface area contributed by atoms with Crippen LogP contribution in [0.5, 0.6) is 0 Å². The number of aliphatic imine (C=N–C) groups is 1. The molecule has 1 aliphatic heterocycles. The predicted molar refractivity (Wildman–Crippen MR) is 55.8 cm³/mol. The summed E-state index contributed by atoms with van der Waals surface area (Å²) in [5, 5.41) is 6.55. The Morgan fingerprint density at radius 3 is 3.15 bits per heavy atom. The summed E-state index contributed by atoms with van der Waals surface area (Å²) in [5.74, 6) is 0.967. The van der Waals surface area contributed by atoms with E-state index in [0.717, 1.165) is 45.0 Å². The number of unbranched alkanes of at least 4 members (excludes halogenated alkanes) is 1. The lowest BCUT2D eigenvalue weighted by Crippen LogP contribution is -2.37. The van der Waals surface area contributed by atoms with Crippen LogP contribution in [0.2, 0.25) is 0 Å². The molecule has 76 valence electrons. The summed E-state index contributed by atoms with van der Waals surface area (Å²) in [6.07, 6.45) is 4.62. The topological polar surface area (TPSA) is 62.4 Å². The molecule has 1 aliphatic rings. The van der Waals surface area contributed by atoms with E-state index < -0.39 is 0 Å². The van der Waals surface area contributed by atoms with Gasteiger partial charge in [0, 0.05) is 19.6 Å². The highest BCUT2D eigenvalue weighted by molar-refractivity contribution is 5.79. The molecule has 0 atom stereocenters. The molecule has 0 fully saturated rings. The Hall–Kier alpha value is -0.770. The zero-order valence-corrected chi connectivity index (χ0v) is 8.18. The van der Waals surface area contributed by atoms with Gasteiger partial charge < -0.3 is 16.4 Å². The lowest BCUT2D eigenvalue weighted by atomic mass is 10.3. The molecule has 13 heavy (non-hydrogen) atoms. The summed E-state index contributed by atoms with van der Waals surface area (Å²) in [6, 6.07) is 0. The lowest BCUT2D eigenvalue weighted by Gasteiger charge is -2.09. The van der Waals surface area contributed by atoms with Crippen molar-refractivity contribution in [3.8, 4) is 0 Å². The van der Waals surface area contributed by atoms with Gasteiger partial charge >= 0.3 is 0 Å². The third kappa shape index (κ3) is 4.72. The van der Waals surface area contributed by atoms with Gasteiger partial charge in [-0.2, -0.15) is 0 Å². The maximum Gasteiger partial charge on any atom is 0.191 e. The van der Waals surface area contributed by atoms with Gasteiger partial charge in [-0.1, -0.05) is 0 Å². The average Bonchev–Trinajstić information content (AvgIpc) is 2.41. The van der Waals surface area contributed by atoms with Gasteiger partial charge in [-0.25, -0.2) is 0 Å². The number of nitrogens with zero attached hydrogens (tertiary/aromatic N) is 1. The van der Waals surface area contributed by atoms with E-state index in [2.05, 4.69) is 15.6 Å². The monoisotopic (exact) mass is 184 g/mol. The lowest BCUT2D eigenvalue weighted by molar-refractivity contribution is 0.700. The normalized spacial score (nSPS) is 17.2. The predicted octanol–water partition coefficient (Wildman–Crippen LogP) is 0.0543. The second kappa shape index (κ2) is 6.71. The highest BCUT2D eigenvalue weighted by Gasteiger charge is 2.00. The van der Waals surface area contributed by atoms with Crippen molar-refractivity contribution in [1.29, 1.82) is 0 Å². The van der Waals surface area contributed by atoms with Gasteiger partial charge in [0.1, 0.15) is 0 Å². The van der Waals surface area contributed by atoms with Gasteiger partial charge in [-0.3, -0.25) is 4.99 Å². The summed E-state index contributed by atoms with van der Waals surface area (Å²) in [5.41, 5.74) is 5.40. The van der Waals surface area contributed by atoms with Crippen LogP contribution in [0, 0.1) is 0 Å². The molecule has 0 aromatic rings. The fraction of sp³-hybridized carbons (Fsp3) is 0.889. The second-order valence-corrected chi connectivity index (χ2v) is 3.29. The smallest absolute Gasteiger partial charge is 0.191 e. The summed E-state index contributed by atoms with van der Waals surface area (Å²) >= 11 is 0. The number of nitrogens with two attached hydrogens (primary N) is 1. The minimum atomic E-state index is 0.779. The molecule has 0 saturated carbocycles. The molecular weight excluding hydrogens is 164 g/mol. The molecule has 0 unspecified atom stereocenters. The van der Waals surface area contributed by atoms with E-state index in [1.54, 1.807) is 0 Å². The van der Waals surface area contributed by atoms with E-state index >= 15 is 0 Å². The first-order valence-corrected chi connectivity index (χ1v) is 5.16. The molecule has 0 aliphatic carbocycles. The molecule has 0 saturated heterocycles. The number of hydrogen-bond acceptors (Lipinski definition) is 4. The van der Waals surface area contributed by atoms with Gasteiger partial charge in [-0.15, -0.1) is 0 Å². The molecule has 1 heterocycles. The fourth-order valence-corrected chi connectivity index (χ4v) is 1.28. The van der Waals surface area contributed by atoms with Crippen LogP contribution in [0.4, 0.5) is 0 Å². The van der Waals surface area contributed by atoms with E-state index in [1.165, 1.54) is 12.8 Å². The maximum absolute atomic E-state index is 5.40. The highest BCUT2D eigenvalue weighted by atomic mass is 15.2. The molecular formula is C9H20N4. The molecule has 0 aromatic carbocycles. The van der Waals surface area contributed by atoms with Gasteiger partial charge in [0.2, 0.25) is 0 Å². The van der Waals surface area contributed by atoms with Gasteiger partial charge in [0.15, 0.2) is 5.96 Å². The zero-order valence-electron chi connectivity index (χ0n) is 8.18. The van der Waals surface area contributed by atoms with Crippen LogP contribution < -0.4 is 16.4 Å². The number of nitrogens with one attached hydrogen (secondary N) is 2. The highest BCUT2D eigenvalue weighted by Crippen LogP contribution is 1.92. The van der Waals surface area contributed by atoms with Crippen molar-refractivity contribution in [1.82, 2.24) is 10.6 Å². The molecule has 0 radical (unpaired) electrons. The first kappa shape index (κ1) is 10.3. The first-order chi connectivity index (χ1) is 6.43. The van der Waals surface area contributed by atoms with Gasteiger partial charge in [0.25, 0.3) is 0 Å². The minimum Gasteiger partial charge on any atom is -0.356 e. The van der Waals surface area contributed by atoms with Crippen LogP contribution >= 0.6 is 0 Å². The molecule has 0 bridgehead atoms. The summed E-state index contributed by atoms with van der Waals surface area (Å²) in [7, 11) is 0. The van der Waals surface area contributed by atoms with Crippen LogP contribution in [0.15, 0.2) is 4.99 Å². The fourth-order valence-electron chi connectivity index (χ4n) is 1.28. The molecule has 1 rings (SSSR count). The van der Waals surface area contributed by atoms with Crippen molar-refractivity contribution >= 4 is 5.96 Å². The Kier molecular flexibility index (Phi) is 5.33. The first-order valence-electron chi connectivity index (χ1n) is 5.16. The maximum atomic E-state index is 5.40. The van der Waals surface area contributed by atoms with E-state index in [-0.39, 0.29) is 0 Å². The molecule has 0 amide bonds. The summed E-state index contributed by atoms with van der Waals surface area (Å²) in [4.78, 5) is 4.38. The quantitative estimate of drug-likeness (QED) is 0.541. The van der Waals surface area contributed by atoms with E-state index in [1.807, 2.05) is 0 Å². The van der Waals surface area contributed by atoms with Crippen molar-refractivity contribution in [3.05, 3.63) is 0 Å². The number of guanidine groups is 1. The number of hydrogen-bond donors (Lipinski definition) is 3. The largest absolute Gasteiger partial charge is 0.356 e. The van der Waals surface area contributed by atoms with E-state index in [0.29, 0.717) is 0 Å². The third-order valence-electron chi connectivity index (χ3n) is 2.07. The van der Waals surface area contributed by atoms with Crippen molar-refractivity contribution in [2.75, 3.05) is 26.2 Å². The molecule has 4 N–H and O–H groups in total. The third-order valence-corrected chi connectivity index (χ3v) is 2.07. The Labute approximate surface area is 80.0 Å². The van der Waals surface area contributed by atoms with Crippen LogP contribution in [0.1, 0.15) is 25.7 Å². The molecule has 4 nitrogen and oxygen atoms in total. The van der Waals surface area contributed by atoms with Crippen LogP contribution in [0.3, 0.4) is 0 Å². The molecule has 4 heteroatoms. The number of rotatable bonds is 4. The van der Waals surface area contributed by atoms with Crippen molar-refractivity contribution in [2.45, 2.75) is 25.7 Å². The average molecular weight is 184 g/mol. The minimum absolute atomic E-state index is 0.779. The van der Waals surface area contributed by atoms with Crippen LogP contribution in [-0.2, 0) is 0 Å². The van der Waals surface area contributed by atoms with Crippen LogP contribution in [0.25, 0.3) is 0 Å². The van der Waals surface area contributed by atoms with Gasteiger partial charge in [0.05, 0.1) is 0 Å². The summed E-state index contributed by atoms with van der Waals surface area (Å²) in [6.45, 7) is 3.75. The Balaban J connectivity index is 2.08. The zero-order chi connectivity index (χ0) is 9.36. The Morgan fingerprint density at radius 2 is 2.31 bits per heavy atom. The van der Waals surface area contributed by atoms with E-state index in [9.17, 15) is 0 Å². The van der Waals surface area contributed by atoms with Crippen molar-refractivity contribution in [3.63, 3.8) is 0 Å². The molecule has 0 aromatic heterocycles. The Morgan fingerprint density at radius 1 is 1.38 bits per heavy atom. The SMILES string of the molecule is NCCCCNC1=NCCCCN1. The standard InChI is InChI=1S/C9H20N4/c10-5-1-2-6-11-9-12-7-3-4-8-13-9/h1-8,10H2,(H2,11,12,13).